The van der Waals surface area contributed by atoms with E-state index in [0.29, 0.717) is 21.5 Å². The molecule has 1 heterocycles. The highest BCUT2D eigenvalue weighted by molar-refractivity contribution is 7.54. The molecule has 0 spiro atoms. The first-order valence-electron chi connectivity index (χ1n) is 10.7. The number of halogens is 1. The fraction of sp³-hybridized carbons (Fsp3) is 0.240. The first-order valence-corrected chi connectivity index (χ1v) is 13.6. The summed E-state index contributed by atoms with van der Waals surface area (Å²) in [6, 6.07) is 13.8. The van der Waals surface area contributed by atoms with Gasteiger partial charge in [0.1, 0.15) is 0 Å². The maximum Gasteiger partial charge on any atom is 0.347 e. The van der Waals surface area contributed by atoms with Gasteiger partial charge in [-0.15, -0.1) is 11.3 Å². The Kier molecular flexibility index (Phi) is 8.72. The van der Waals surface area contributed by atoms with Crippen LogP contribution in [0.2, 0.25) is 5.02 Å². The molecule has 2 aromatic carbocycles. The maximum absolute atomic E-state index is 13.3. The highest BCUT2D eigenvalue weighted by atomic mass is 35.5. The standard InChI is InChI=1S/C25H24ClN2O6PS/c1-25(2,3)24(30)33-15-34-35(31,32)22(20-14-36-21-9-8-18(26)12-19(20)21)23(29)28-11-10-16-6-4-5-7-17(16)13-27/h4-12,14,22H,15H2,1-3H3,(H,28,29)(H,31,32)/b11-10+. The number of ether oxygens (including phenoxy) is 1. The second kappa shape index (κ2) is 11.4. The SMILES string of the molecule is CC(C)(C)C(=O)OCOP(=O)(O)C(C(=O)N/C=C/c1ccccc1C#N)c1csc2ccc(Cl)cc12. The van der Waals surface area contributed by atoms with Gasteiger partial charge in [-0.05, 0) is 73.0 Å². The molecule has 2 atom stereocenters. The summed E-state index contributed by atoms with van der Waals surface area (Å²) in [5.74, 6) is -1.45. The molecule has 36 heavy (non-hydrogen) atoms. The topological polar surface area (TPSA) is 126 Å². The maximum atomic E-state index is 13.3. The molecule has 2 unspecified atom stereocenters. The quantitative estimate of drug-likeness (QED) is 0.201. The molecule has 0 radical (unpaired) electrons. The highest BCUT2D eigenvalue weighted by Crippen LogP contribution is 2.58. The molecule has 0 bridgehead atoms. The van der Waals surface area contributed by atoms with E-state index in [2.05, 4.69) is 11.4 Å². The smallest absolute Gasteiger partial charge is 0.347 e. The summed E-state index contributed by atoms with van der Waals surface area (Å²) >= 11 is 7.41. The Morgan fingerprint density at radius 3 is 2.69 bits per heavy atom. The Morgan fingerprint density at radius 2 is 2.00 bits per heavy atom. The van der Waals surface area contributed by atoms with Crippen molar-refractivity contribution in [1.82, 2.24) is 5.32 Å². The molecular weight excluding hydrogens is 523 g/mol. The van der Waals surface area contributed by atoms with Crippen LogP contribution in [0.5, 0.6) is 0 Å². The van der Waals surface area contributed by atoms with Crippen molar-refractivity contribution >= 4 is 58.6 Å². The number of nitriles is 1. The van der Waals surface area contributed by atoms with Crippen LogP contribution >= 0.6 is 30.5 Å². The zero-order valence-corrected chi connectivity index (χ0v) is 22.2. The molecule has 188 valence electrons. The largest absolute Gasteiger partial charge is 0.438 e. The van der Waals surface area contributed by atoms with Gasteiger partial charge in [-0.25, -0.2) is 0 Å². The van der Waals surface area contributed by atoms with Gasteiger partial charge in [-0.3, -0.25) is 18.7 Å². The van der Waals surface area contributed by atoms with E-state index in [-0.39, 0.29) is 5.56 Å². The molecule has 3 aromatic rings. The van der Waals surface area contributed by atoms with Crippen LogP contribution in [0, 0.1) is 16.7 Å². The summed E-state index contributed by atoms with van der Waals surface area (Å²) in [6.07, 6.45) is 2.79. The Labute approximate surface area is 217 Å². The van der Waals surface area contributed by atoms with E-state index in [9.17, 15) is 24.3 Å². The minimum absolute atomic E-state index is 0.244. The summed E-state index contributed by atoms with van der Waals surface area (Å²) in [7, 11) is -4.71. The normalized spacial score (nSPS) is 14.2. The van der Waals surface area contributed by atoms with Gasteiger partial charge in [0.25, 0.3) is 0 Å². The van der Waals surface area contributed by atoms with Crippen LogP contribution in [0.25, 0.3) is 16.2 Å². The molecule has 0 aliphatic heterocycles. The molecule has 0 saturated heterocycles. The molecule has 0 saturated carbocycles. The lowest BCUT2D eigenvalue weighted by Gasteiger charge is -2.22. The molecule has 11 heteroatoms. The molecular formula is C25H24ClN2O6PS. The molecule has 0 aliphatic carbocycles. The van der Waals surface area contributed by atoms with E-state index < -0.39 is 37.3 Å². The van der Waals surface area contributed by atoms with E-state index in [0.717, 1.165) is 4.70 Å². The lowest BCUT2D eigenvalue weighted by atomic mass is 9.98. The second-order valence-corrected chi connectivity index (χ2v) is 12.0. The average molecular weight is 547 g/mol. The summed E-state index contributed by atoms with van der Waals surface area (Å²) in [6.45, 7) is 4.08. The van der Waals surface area contributed by atoms with Gasteiger partial charge in [-0.2, -0.15) is 5.26 Å². The van der Waals surface area contributed by atoms with Gasteiger partial charge in [0, 0.05) is 15.9 Å². The molecule has 8 nitrogen and oxygen atoms in total. The van der Waals surface area contributed by atoms with Crippen LogP contribution in [0.3, 0.4) is 0 Å². The van der Waals surface area contributed by atoms with Crippen molar-refractivity contribution in [3.63, 3.8) is 0 Å². The minimum atomic E-state index is -4.71. The van der Waals surface area contributed by atoms with Crippen LogP contribution in [-0.4, -0.2) is 23.6 Å². The number of fused-ring (bicyclic) bond motifs is 1. The molecule has 1 amide bonds. The Morgan fingerprint density at radius 1 is 1.28 bits per heavy atom. The summed E-state index contributed by atoms with van der Waals surface area (Å²) in [5.41, 5.74) is -1.29. The van der Waals surface area contributed by atoms with Crippen LogP contribution < -0.4 is 5.32 Å². The van der Waals surface area contributed by atoms with Crippen molar-refractivity contribution < 1.29 is 28.3 Å². The number of carbonyl (C=O) groups is 2. The number of hydrogen-bond donors (Lipinski definition) is 2. The van der Waals surface area contributed by atoms with Crippen LogP contribution in [0.15, 0.2) is 54.0 Å². The van der Waals surface area contributed by atoms with Crippen molar-refractivity contribution in [3.8, 4) is 6.07 Å². The van der Waals surface area contributed by atoms with Gasteiger partial charge in [-0.1, -0.05) is 29.8 Å². The highest BCUT2D eigenvalue weighted by Gasteiger charge is 2.42. The molecule has 2 N–H and O–H groups in total. The summed E-state index contributed by atoms with van der Waals surface area (Å²) < 4.78 is 24.2. The van der Waals surface area contributed by atoms with E-state index in [1.807, 2.05) is 0 Å². The van der Waals surface area contributed by atoms with Crippen LogP contribution in [0.1, 0.15) is 43.1 Å². The van der Waals surface area contributed by atoms with Crippen LogP contribution in [-0.2, 0) is 23.4 Å². The van der Waals surface area contributed by atoms with Gasteiger partial charge >= 0.3 is 13.6 Å². The molecule has 0 fully saturated rings. The van der Waals surface area contributed by atoms with E-state index in [4.69, 9.17) is 20.9 Å². The lowest BCUT2D eigenvalue weighted by Crippen LogP contribution is -2.27. The average Bonchev–Trinajstić information content (AvgIpc) is 3.21. The third-order valence-electron chi connectivity index (χ3n) is 5.04. The van der Waals surface area contributed by atoms with Gasteiger partial charge < -0.3 is 14.9 Å². The van der Waals surface area contributed by atoms with Crippen molar-refractivity contribution in [2.45, 2.75) is 26.4 Å². The van der Waals surface area contributed by atoms with Crippen molar-refractivity contribution in [2.24, 2.45) is 5.41 Å². The molecule has 3 rings (SSSR count). The van der Waals surface area contributed by atoms with E-state index >= 15 is 0 Å². The van der Waals surface area contributed by atoms with E-state index in [1.54, 1.807) is 68.6 Å². The fourth-order valence-electron chi connectivity index (χ4n) is 3.18. The zero-order valence-electron chi connectivity index (χ0n) is 19.7. The minimum Gasteiger partial charge on any atom is -0.438 e. The Hall–Kier alpha value is -2.99. The summed E-state index contributed by atoms with van der Waals surface area (Å²) in [4.78, 5) is 36.1. The number of hydrogen-bond acceptors (Lipinski definition) is 7. The number of carbonyl (C=O) groups excluding carboxylic acids is 2. The van der Waals surface area contributed by atoms with Crippen LogP contribution in [0.4, 0.5) is 0 Å². The van der Waals surface area contributed by atoms with Gasteiger partial charge in [0.15, 0.2) is 5.66 Å². The van der Waals surface area contributed by atoms with E-state index in [1.165, 1.54) is 23.6 Å². The van der Waals surface area contributed by atoms with Crippen molar-refractivity contribution in [1.29, 1.82) is 5.26 Å². The second-order valence-electron chi connectivity index (χ2n) is 8.77. The predicted molar refractivity (Wildman–Crippen MR) is 139 cm³/mol. The first kappa shape index (κ1) is 27.6. The first-order chi connectivity index (χ1) is 16.9. The number of thiophene rings is 1. The fourth-order valence-corrected chi connectivity index (χ4v) is 5.71. The van der Waals surface area contributed by atoms with Gasteiger partial charge in [0.2, 0.25) is 12.7 Å². The lowest BCUT2D eigenvalue weighted by molar-refractivity contribution is -0.159. The Bertz CT molecular complexity index is 1410. The number of benzene rings is 2. The monoisotopic (exact) mass is 546 g/mol. The van der Waals surface area contributed by atoms with Gasteiger partial charge in [0.05, 0.1) is 17.0 Å². The molecule has 0 aliphatic rings. The van der Waals surface area contributed by atoms with Crippen molar-refractivity contribution in [3.05, 3.63) is 75.8 Å². The summed E-state index contributed by atoms with van der Waals surface area (Å²) in [5, 5.41) is 14.2. The molecule has 1 aromatic heterocycles. The number of nitrogens with one attached hydrogen (secondary N) is 1. The van der Waals surface area contributed by atoms with Crippen molar-refractivity contribution in [2.75, 3.05) is 6.79 Å². The zero-order chi connectivity index (χ0) is 26.5. The number of nitrogens with zero attached hydrogens (tertiary/aromatic N) is 1. The number of amides is 1. The third-order valence-corrected chi connectivity index (χ3v) is 7.90. The predicted octanol–water partition coefficient (Wildman–Crippen LogP) is 6.00. The Balaban J connectivity index is 1.91. The third kappa shape index (κ3) is 6.61. The number of esters is 1. The number of rotatable bonds is 8.